The number of nitrogens with zero attached hydrogens (tertiary/aromatic N) is 2. The molecule has 0 saturated carbocycles. The quantitative estimate of drug-likeness (QED) is 0.402. The van der Waals surface area contributed by atoms with Crippen LogP contribution in [0.4, 0.5) is 10.5 Å². The molecule has 1 unspecified atom stereocenters. The fourth-order valence-electron chi connectivity index (χ4n) is 5.78. The molecule has 4 rings (SSSR count). The van der Waals surface area contributed by atoms with Gasteiger partial charge in [0, 0.05) is 31.4 Å². The summed E-state index contributed by atoms with van der Waals surface area (Å²) in [6.45, 7) is 6.35. The van der Waals surface area contributed by atoms with Crippen LogP contribution < -0.4 is 5.32 Å². The minimum Gasteiger partial charge on any atom is -0.324 e. The highest BCUT2D eigenvalue weighted by molar-refractivity contribution is 6.07. The van der Waals surface area contributed by atoms with Gasteiger partial charge in [0.2, 0.25) is 5.91 Å². The van der Waals surface area contributed by atoms with E-state index in [1.807, 2.05) is 47.4 Å². The predicted octanol–water partition coefficient (Wildman–Crippen LogP) is 6.66. The highest BCUT2D eigenvalue weighted by atomic mass is 16.2. The van der Waals surface area contributed by atoms with Crippen LogP contribution in [0.25, 0.3) is 10.8 Å². The lowest BCUT2D eigenvalue weighted by molar-refractivity contribution is -0.135. The number of fused-ring (bicyclic) bond motifs is 1. The van der Waals surface area contributed by atoms with Crippen LogP contribution in [0.3, 0.4) is 0 Å². The van der Waals surface area contributed by atoms with Gasteiger partial charge in [-0.05, 0) is 43.1 Å². The van der Waals surface area contributed by atoms with Gasteiger partial charge in [0.1, 0.15) is 5.84 Å². The van der Waals surface area contributed by atoms with Gasteiger partial charge < -0.3 is 15.1 Å². The number of benzene rings is 2. The van der Waals surface area contributed by atoms with Gasteiger partial charge in [-0.2, -0.15) is 0 Å². The van der Waals surface area contributed by atoms with Crippen molar-refractivity contribution in [3.8, 4) is 0 Å². The lowest BCUT2D eigenvalue weighted by Crippen LogP contribution is -2.37. The zero-order valence-electron chi connectivity index (χ0n) is 21.3. The summed E-state index contributed by atoms with van der Waals surface area (Å²) in [6, 6.07) is 14.0. The van der Waals surface area contributed by atoms with E-state index in [9.17, 15) is 9.59 Å². The zero-order chi connectivity index (χ0) is 24.8. The van der Waals surface area contributed by atoms with E-state index in [0.29, 0.717) is 31.3 Å². The summed E-state index contributed by atoms with van der Waals surface area (Å²) in [5.74, 6) is 1.02. The molecule has 0 aromatic heterocycles. The Labute approximate surface area is 209 Å². The summed E-state index contributed by atoms with van der Waals surface area (Å²) < 4.78 is 0. The molecular weight excluding hydrogens is 436 g/mol. The molecule has 188 valence electrons. The monoisotopic (exact) mass is 476 g/mol. The van der Waals surface area contributed by atoms with Crippen molar-refractivity contribution < 1.29 is 9.59 Å². The van der Waals surface area contributed by atoms with Crippen LogP contribution in [0, 0.1) is 16.7 Å². The van der Waals surface area contributed by atoms with Crippen molar-refractivity contribution in [2.45, 2.75) is 71.6 Å². The van der Waals surface area contributed by atoms with E-state index in [4.69, 9.17) is 5.41 Å². The fourth-order valence-corrected chi connectivity index (χ4v) is 5.78. The molecule has 0 bridgehead atoms. The summed E-state index contributed by atoms with van der Waals surface area (Å²) >= 11 is 0. The van der Waals surface area contributed by atoms with Crippen molar-refractivity contribution in [1.29, 1.82) is 5.41 Å². The fraction of sp³-hybridized carbons (Fsp3) is 0.552. The number of carbonyl (C=O) groups is 2. The molecule has 6 heteroatoms. The number of nitrogens with one attached hydrogen (secondary N) is 2. The van der Waals surface area contributed by atoms with Gasteiger partial charge in [-0.15, -0.1) is 0 Å². The predicted molar refractivity (Wildman–Crippen MR) is 143 cm³/mol. The number of rotatable bonds is 10. The van der Waals surface area contributed by atoms with Crippen molar-refractivity contribution in [3.63, 3.8) is 0 Å². The number of amidine groups is 1. The van der Waals surface area contributed by atoms with Crippen molar-refractivity contribution in [2.24, 2.45) is 11.3 Å². The normalized spacial score (nSPS) is 19.7. The van der Waals surface area contributed by atoms with Crippen molar-refractivity contribution in [3.05, 3.63) is 42.5 Å². The Morgan fingerprint density at radius 2 is 1.80 bits per heavy atom. The van der Waals surface area contributed by atoms with Gasteiger partial charge in [0.25, 0.3) is 0 Å². The Morgan fingerprint density at radius 1 is 1.09 bits per heavy atom. The van der Waals surface area contributed by atoms with E-state index in [1.54, 1.807) is 4.90 Å². The Hall–Kier alpha value is -2.89. The van der Waals surface area contributed by atoms with Gasteiger partial charge in [-0.1, -0.05) is 75.9 Å². The maximum Gasteiger partial charge on any atom is 0.321 e. The standard InChI is InChI=1S/C29H40N4O2/c1-3-5-16-29(17-6-4-2)20-26(30)33(27(29)34)19-15-22-14-18-32(21-22)28(35)31-25-13-9-11-23-10-7-8-12-24(23)25/h7-13,22,30H,3-6,14-21H2,1-2H3,(H,31,35). The number of hydrogen-bond acceptors (Lipinski definition) is 3. The molecule has 2 aliphatic rings. The second-order valence-corrected chi connectivity index (χ2v) is 10.4. The lowest BCUT2D eigenvalue weighted by atomic mass is 9.77. The molecule has 2 aliphatic heterocycles. The van der Waals surface area contributed by atoms with Gasteiger partial charge >= 0.3 is 6.03 Å². The Kier molecular flexibility index (Phi) is 8.09. The van der Waals surface area contributed by atoms with E-state index in [-0.39, 0.29) is 17.4 Å². The largest absolute Gasteiger partial charge is 0.324 e. The Morgan fingerprint density at radius 3 is 2.54 bits per heavy atom. The van der Waals surface area contributed by atoms with Gasteiger partial charge in [0.05, 0.1) is 11.1 Å². The number of anilines is 1. The molecule has 2 aromatic rings. The molecule has 0 aliphatic carbocycles. The number of unbranched alkanes of at least 4 members (excludes halogenated alkanes) is 2. The number of hydrogen-bond donors (Lipinski definition) is 2. The zero-order valence-corrected chi connectivity index (χ0v) is 21.3. The number of likely N-dealkylation sites (tertiary alicyclic amines) is 2. The van der Waals surface area contributed by atoms with Crippen LogP contribution >= 0.6 is 0 Å². The molecule has 2 saturated heterocycles. The molecule has 0 spiro atoms. The van der Waals surface area contributed by atoms with E-state index in [2.05, 4.69) is 19.2 Å². The number of urea groups is 1. The van der Waals surface area contributed by atoms with Crippen LogP contribution in [0.15, 0.2) is 42.5 Å². The van der Waals surface area contributed by atoms with Crippen LogP contribution in [-0.4, -0.2) is 47.2 Å². The topological polar surface area (TPSA) is 76.5 Å². The smallest absolute Gasteiger partial charge is 0.321 e. The lowest BCUT2D eigenvalue weighted by Gasteiger charge is -2.27. The average molecular weight is 477 g/mol. The second-order valence-electron chi connectivity index (χ2n) is 10.4. The number of carbonyl (C=O) groups excluding carboxylic acids is 2. The highest BCUT2D eigenvalue weighted by Crippen LogP contribution is 2.42. The van der Waals surface area contributed by atoms with Crippen LogP contribution in [-0.2, 0) is 4.79 Å². The summed E-state index contributed by atoms with van der Waals surface area (Å²) in [4.78, 5) is 30.1. The van der Waals surface area contributed by atoms with Crippen LogP contribution in [0.5, 0.6) is 0 Å². The maximum atomic E-state index is 13.4. The van der Waals surface area contributed by atoms with E-state index in [0.717, 1.165) is 74.4 Å². The van der Waals surface area contributed by atoms with Gasteiger partial charge in [-0.3, -0.25) is 10.2 Å². The molecule has 2 fully saturated rings. The Balaban J connectivity index is 1.32. The molecular formula is C29H40N4O2. The number of amides is 3. The molecule has 6 nitrogen and oxygen atoms in total. The summed E-state index contributed by atoms with van der Waals surface area (Å²) in [5.41, 5.74) is 0.478. The SMILES string of the molecule is CCCCC1(CCCC)CC(=N)N(CCC2CCN(C(=O)Nc3cccc4ccccc34)C2)C1=O. The van der Waals surface area contributed by atoms with E-state index >= 15 is 0 Å². The average Bonchev–Trinajstić information content (AvgIpc) is 3.43. The first-order chi connectivity index (χ1) is 17.0. The third-order valence-electron chi connectivity index (χ3n) is 7.91. The molecule has 0 radical (unpaired) electrons. The molecule has 3 amide bonds. The van der Waals surface area contributed by atoms with E-state index < -0.39 is 0 Å². The minimum absolute atomic E-state index is 0.0630. The summed E-state index contributed by atoms with van der Waals surface area (Å²) in [6.07, 6.45) is 8.40. The third-order valence-corrected chi connectivity index (χ3v) is 7.91. The maximum absolute atomic E-state index is 13.4. The first-order valence-corrected chi connectivity index (χ1v) is 13.4. The van der Waals surface area contributed by atoms with Gasteiger partial charge in [0.15, 0.2) is 0 Å². The van der Waals surface area contributed by atoms with Crippen LogP contribution in [0.1, 0.15) is 71.6 Å². The second kappa shape index (κ2) is 11.2. The minimum atomic E-state index is -0.358. The third kappa shape index (κ3) is 5.52. The van der Waals surface area contributed by atoms with Gasteiger partial charge in [-0.25, -0.2) is 4.79 Å². The van der Waals surface area contributed by atoms with E-state index in [1.165, 1.54) is 0 Å². The molecule has 2 N–H and O–H groups in total. The first-order valence-electron chi connectivity index (χ1n) is 13.4. The van der Waals surface area contributed by atoms with Crippen molar-refractivity contribution >= 4 is 34.2 Å². The highest BCUT2D eigenvalue weighted by Gasteiger charge is 2.48. The molecule has 1 atom stereocenters. The molecule has 35 heavy (non-hydrogen) atoms. The summed E-state index contributed by atoms with van der Waals surface area (Å²) in [7, 11) is 0. The summed E-state index contributed by atoms with van der Waals surface area (Å²) in [5, 5.41) is 13.8. The first kappa shape index (κ1) is 25.2. The molecule has 2 aromatic carbocycles. The van der Waals surface area contributed by atoms with Crippen molar-refractivity contribution in [2.75, 3.05) is 25.0 Å². The Bertz CT molecular complexity index is 1050. The van der Waals surface area contributed by atoms with Crippen LogP contribution in [0.2, 0.25) is 0 Å². The molecule has 2 heterocycles. The van der Waals surface area contributed by atoms with Crippen molar-refractivity contribution in [1.82, 2.24) is 9.80 Å².